The summed E-state index contributed by atoms with van der Waals surface area (Å²) in [6.07, 6.45) is 0. The number of carbonyl (C=O) groups is 1. The Bertz CT molecular complexity index is 655. The quantitative estimate of drug-likeness (QED) is 0.683. The lowest BCUT2D eigenvalue weighted by molar-refractivity contribution is -0.384. The van der Waals surface area contributed by atoms with E-state index in [0.717, 1.165) is 11.8 Å². The first-order chi connectivity index (χ1) is 9.50. The molecule has 0 saturated carbocycles. The molecule has 0 unspecified atom stereocenters. The van der Waals surface area contributed by atoms with Gasteiger partial charge >= 0.3 is 5.97 Å². The fourth-order valence-electron chi connectivity index (χ4n) is 1.89. The number of hydrogen-bond donors (Lipinski definition) is 1. The minimum Gasteiger partial charge on any atom is -0.478 e. The third kappa shape index (κ3) is 2.59. The lowest BCUT2D eigenvalue weighted by Crippen LogP contribution is -2.14. The van der Waals surface area contributed by atoms with Crippen LogP contribution in [0.15, 0.2) is 48.5 Å². The second kappa shape index (κ2) is 5.40. The molecule has 2 rings (SSSR count). The van der Waals surface area contributed by atoms with Crippen LogP contribution in [0.1, 0.15) is 10.4 Å². The van der Waals surface area contributed by atoms with Gasteiger partial charge in [0.05, 0.1) is 16.2 Å². The molecule has 0 saturated heterocycles. The van der Waals surface area contributed by atoms with Gasteiger partial charge in [-0.05, 0) is 18.2 Å². The Morgan fingerprint density at radius 3 is 2.40 bits per heavy atom. The lowest BCUT2D eigenvalue weighted by atomic mass is 10.1. The molecule has 1 N–H and O–H groups in total. The molecule has 0 heterocycles. The highest BCUT2D eigenvalue weighted by atomic mass is 16.6. The van der Waals surface area contributed by atoms with Crippen molar-refractivity contribution in [3.8, 4) is 0 Å². The summed E-state index contributed by atoms with van der Waals surface area (Å²) in [6.45, 7) is 0. The fraction of sp³-hybridized carbons (Fsp3) is 0.0714. The van der Waals surface area contributed by atoms with Crippen LogP contribution >= 0.6 is 0 Å². The van der Waals surface area contributed by atoms with Crippen LogP contribution in [0.2, 0.25) is 0 Å². The van der Waals surface area contributed by atoms with Gasteiger partial charge in [-0.2, -0.15) is 0 Å². The zero-order chi connectivity index (χ0) is 14.7. The second-order valence-corrected chi connectivity index (χ2v) is 4.16. The zero-order valence-corrected chi connectivity index (χ0v) is 10.7. The first kappa shape index (κ1) is 13.5. The van der Waals surface area contributed by atoms with E-state index in [9.17, 15) is 20.0 Å². The van der Waals surface area contributed by atoms with Crippen molar-refractivity contribution < 1.29 is 14.8 Å². The number of aromatic carboxylic acids is 1. The average molecular weight is 272 g/mol. The number of hydrogen-bond acceptors (Lipinski definition) is 4. The summed E-state index contributed by atoms with van der Waals surface area (Å²) >= 11 is 0. The number of carboxylic acids is 1. The highest BCUT2D eigenvalue weighted by Crippen LogP contribution is 2.29. The third-order valence-electron chi connectivity index (χ3n) is 2.93. The molecule has 0 atom stereocenters. The Morgan fingerprint density at radius 1 is 1.20 bits per heavy atom. The summed E-state index contributed by atoms with van der Waals surface area (Å²) in [4.78, 5) is 23.1. The van der Waals surface area contributed by atoms with Crippen LogP contribution in [0.5, 0.6) is 0 Å². The van der Waals surface area contributed by atoms with Crippen LogP contribution in [-0.2, 0) is 0 Å². The van der Waals surface area contributed by atoms with Crippen molar-refractivity contribution in [2.24, 2.45) is 0 Å². The predicted octanol–water partition coefficient (Wildman–Crippen LogP) is 3.06. The highest BCUT2D eigenvalue weighted by Gasteiger charge is 2.18. The van der Waals surface area contributed by atoms with Gasteiger partial charge in [0.2, 0.25) is 0 Å². The summed E-state index contributed by atoms with van der Waals surface area (Å²) in [5.74, 6) is -1.20. The van der Waals surface area contributed by atoms with Crippen LogP contribution < -0.4 is 4.90 Å². The van der Waals surface area contributed by atoms with E-state index in [0.29, 0.717) is 5.69 Å². The van der Waals surface area contributed by atoms with Gasteiger partial charge in [0.25, 0.3) is 5.69 Å². The van der Waals surface area contributed by atoms with Crippen LogP contribution in [-0.4, -0.2) is 23.0 Å². The number of benzene rings is 2. The number of nitro benzene ring substituents is 1. The molecule has 0 fully saturated rings. The van der Waals surface area contributed by atoms with Crippen LogP contribution in [0.25, 0.3) is 0 Å². The zero-order valence-electron chi connectivity index (χ0n) is 10.7. The van der Waals surface area contributed by atoms with Crippen molar-refractivity contribution in [3.05, 3.63) is 64.2 Å². The Hall–Kier alpha value is -2.89. The van der Waals surface area contributed by atoms with Gasteiger partial charge in [-0.25, -0.2) is 4.79 Å². The maximum Gasteiger partial charge on any atom is 0.338 e. The van der Waals surface area contributed by atoms with Crippen molar-refractivity contribution in [1.82, 2.24) is 0 Å². The largest absolute Gasteiger partial charge is 0.478 e. The fourth-order valence-corrected chi connectivity index (χ4v) is 1.89. The number of nitro groups is 1. The molecular weight excluding hydrogens is 260 g/mol. The molecule has 2 aromatic carbocycles. The molecule has 0 aliphatic carbocycles. The summed E-state index contributed by atoms with van der Waals surface area (Å²) in [5.41, 5.74) is 0.844. The smallest absolute Gasteiger partial charge is 0.338 e. The first-order valence-electron chi connectivity index (χ1n) is 5.81. The van der Waals surface area contributed by atoms with E-state index in [2.05, 4.69) is 0 Å². The van der Waals surface area contributed by atoms with Crippen molar-refractivity contribution in [2.45, 2.75) is 0 Å². The van der Waals surface area contributed by atoms with Crippen LogP contribution in [0, 0.1) is 10.1 Å². The lowest BCUT2D eigenvalue weighted by Gasteiger charge is -2.21. The number of anilines is 2. The van der Waals surface area contributed by atoms with Crippen molar-refractivity contribution in [1.29, 1.82) is 0 Å². The van der Waals surface area contributed by atoms with Crippen molar-refractivity contribution in [3.63, 3.8) is 0 Å². The Kier molecular flexibility index (Phi) is 3.65. The summed E-state index contributed by atoms with van der Waals surface area (Å²) in [6, 6.07) is 13.0. The van der Waals surface area contributed by atoms with E-state index in [1.807, 2.05) is 30.3 Å². The van der Waals surface area contributed by atoms with Gasteiger partial charge in [0.1, 0.15) is 0 Å². The van der Waals surface area contributed by atoms with Gasteiger partial charge in [-0.15, -0.1) is 0 Å². The standard InChI is InChI=1S/C14H12N2O4/c1-15(10-5-3-2-4-6-10)13-8-7-11(16(19)20)9-12(13)14(17)18/h2-9H,1H3,(H,17,18). The molecule has 2 aromatic rings. The van der Waals surface area contributed by atoms with E-state index < -0.39 is 10.9 Å². The Balaban J connectivity index is 2.51. The molecule has 0 aliphatic heterocycles. The average Bonchev–Trinajstić information content (AvgIpc) is 2.46. The van der Waals surface area contributed by atoms with Gasteiger partial charge in [-0.1, -0.05) is 18.2 Å². The van der Waals surface area contributed by atoms with Gasteiger partial charge in [0.15, 0.2) is 0 Å². The molecule has 0 aromatic heterocycles. The molecule has 6 heteroatoms. The highest BCUT2D eigenvalue weighted by molar-refractivity contribution is 5.96. The van der Waals surface area contributed by atoms with E-state index in [4.69, 9.17) is 0 Å². The first-order valence-corrected chi connectivity index (χ1v) is 5.81. The van der Waals surface area contributed by atoms with E-state index in [1.54, 1.807) is 11.9 Å². The number of para-hydroxylation sites is 1. The minimum atomic E-state index is -1.20. The maximum absolute atomic E-state index is 11.3. The van der Waals surface area contributed by atoms with Crippen molar-refractivity contribution >= 4 is 23.0 Å². The molecule has 0 aliphatic rings. The topological polar surface area (TPSA) is 83.7 Å². The number of non-ortho nitro benzene ring substituents is 1. The van der Waals surface area contributed by atoms with Crippen LogP contribution in [0.3, 0.4) is 0 Å². The number of carboxylic acid groups (broad SMARTS) is 1. The minimum absolute atomic E-state index is 0.106. The van der Waals surface area contributed by atoms with Crippen LogP contribution in [0.4, 0.5) is 17.1 Å². The van der Waals surface area contributed by atoms with Gasteiger partial charge < -0.3 is 10.0 Å². The predicted molar refractivity (Wildman–Crippen MR) is 74.6 cm³/mol. The summed E-state index contributed by atoms with van der Waals surface area (Å²) in [5, 5.41) is 19.9. The van der Waals surface area contributed by atoms with E-state index in [1.165, 1.54) is 12.1 Å². The maximum atomic E-state index is 11.3. The monoisotopic (exact) mass is 272 g/mol. The summed E-state index contributed by atoms with van der Waals surface area (Å²) < 4.78 is 0. The molecule has 102 valence electrons. The SMILES string of the molecule is CN(c1ccccc1)c1ccc([N+](=O)[O-])cc1C(=O)O. The van der Waals surface area contributed by atoms with Crippen molar-refractivity contribution in [2.75, 3.05) is 11.9 Å². The number of nitrogens with zero attached hydrogens (tertiary/aromatic N) is 2. The second-order valence-electron chi connectivity index (χ2n) is 4.16. The number of rotatable bonds is 4. The van der Waals surface area contributed by atoms with E-state index >= 15 is 0 Å². The molecular formula is C14H12N2O4. The molecule has 6 nitrogen and oxygen atoms in total. The molecule has 0 spiro atoms. The van der Waals surface area contributed by atoms with E-state index in [-0.39, 0.29) is 11.3 Å². The van der Waals surface area contributed by atoms with Gasteiger partial charge in [0, 0.05) is 24.9 Å². The molecule has 20 heavy (non-hydrogen) atoms. The molecule has 0 radical (unpaired) electrons. The Morgan fingerprint density at radius 2 is 1.85 bits per heavy atom. The molecule has 0 bridgehead atoms. The van der Waals surface area contributed by atoms with Gasteiger partial charge in [-0.3, -0.25) is 10.1 Å². The summed E-state index contributed by atoms with van der Waals surface area (Å²) in [7, 11) is 1.71. The normalized spacial score (nSPS) is 10.1. The third-order valence-corrected chi connectivity index (χ3v) is 2.93. The molecule has 0 amide bonds. The Labute approximate surface area is 115 Å².